The van der Waals surface area contributed by atoms with Crippen molar-refractivity contribution in [2.45, 2.75) is 52.2 Å². The molecule has 108 valence electrons. The molecule has 0 saturated heterocycles. The Hall–Kier alpha value is -1.52. The summed E-state index contributed by atoms with van der Waals surface area (Å²) in [6.07, 6.45) is 4.43. The highest BCUT2D eigenvalue weighted by Gasteiger charge is 2.38. The van der Waals surface area contributed by atoms with E-state index in [0.717, 1.165) is 0 Å². The zero-order valence-electron chi connectivity index (χ0n) is 12.3. The number of alkyl carbamates (subject to hydrolysis) is 1. The van der Waals surface area contributed by atoms with Crippen molar-refractivity contribution in [2.24, 2.45) is 5.41 Å². The number of methoxy groups -OCH3 is 1. The van der Waals surface area contributed by atoms with Gasteiger partial charge in [-0.2, -0.15) is 0 Å². The molecule has 5 heteroatoms. The first-order valence-corrected chi connectivity index (χ1v) is 6.41. The number of nitrogens with one attached hydrogen (secondary N) is 1. The Morgan fingerprint density at radius 3 is 2.53 bits per heavy atom. The van der Waals surface area contributed by atoms with E-state index in [1.54, 1.807) is 0 Å². The first kappa shape index (κ1) is 15.5. The number of ether oxygens (including phenoxy) is 2. The molecule has 0 aromatic carbocycles. The molecule has 0 radical (unpaired) electrons. The summed E-state index contributed by atoms with van der Waals surface area (Å²) in [6, 6.07) is -0.215. The number of carbonyl (C=O) groups excluding carboxylic acids is 2. The molecule has 0 bridgehead atoms. The third kappa shape index (κ3) is 4.58. The maximum absolute atomic E-state index is 11.7. The number of esters is 1. The first-order valence-electron chi connectivity index (χ1n) is 6.41. The minimum atomic E-state index is -0.594. The molecule has 0 aromatic heterocycles. The van der Waals surface area contributed by atoms with Crippen molar-refractivity contribution in [3.05, 3.63) is 12.2 Å². The molecule has 5 nitrogen and oxygen atoms in total. The summed E-state index contributed by atoms with van der Waals surface area (Å²) >= 11 is 0. The highest BCUT2D eigenvalue weighted by Crippen LogP contribution is 2.33. The standard InChI is InChI=1S/C14H23NO4/c1-13(2,3)19-12(17)15-10-7-6-8-14(4,9-10)11(16)18-5/h6-7,10H,8-9H2,1-5H3,(H,15,17). The van der Waals surface area contributed by atoms with Crippen LogP contribution in [0.15, 0.2) is 12.2 Å². The topological polar surface area (TPSA) is 64.6 Å². The molecule has 1 amide bonds. The highest BCUT2D eigenvalue weighted by molar-refractivity contribution is 5.77. The van der Waals surface area contributed by atoms with Gasteiger partial charge in [0, 0.05) is 0 Å². The molecule has 1 aliphatic rings. The molecule has 0 spiro atoms. The van der Waals surface area contributed by atoms with Gasteiger partial charge in [0.25, 0.3) is 0 Å². The summed E-state index contributed by atoms with van der Waals surface area (Å²) < 4.78 is 10.0. The highest BCUT2D eigenvalue weighted by atomic mass is 16.6. The van der Waals surface area contributed by atoms with E-state index < -0.39 is 17.1 Å². The lowest BCUT2D eigenvalue weighted by atomic mass is 9.77. The second-order valence-electron chi connectivity index (χ2n) is 6.14. The van der Waals surface area contributed by atoms with Crippen molar-refractivity contribution in [1.82, 2.24) is 5.32 Å². The van der Waals surface area contributed by atoms with E-state index in [1.165, 1.54) is 7.11 Å². The van der Waals surface area contributed by atoms with Crippen LogP contribution in [0.5, 0.6) is 0 Å². The smallest absolute Gasteiger partial charge is 0.408 e. The zero-order chi connectivity index (χ0) is 14.7. The number of allylic oxidation sites excluding steroid dienone is 1. The van der Waals surface area contributed by atoms with Crippen molar-refractivity contribution < 1.29 is 19.1 Å². The molecule has 0 aromatic rings. The Morgan fingerprint density at radius 1 is 1.37 bits per heavy atom. The van der Waals surface area contributed by atoms with Crippen molar-refractivity contribution in [3.63, 3.8) is 0 Å². The fraction of sp³-hybridized carbons (Fsp3) is 0.714. The van der Waals surface area contributed by atoms with Crippen LogP contribution in [0.1, 0.15) is 40.5 Å². The molecule has 0 heterocycles. The maximum Gasteiger partial charge on any atom is 0.408 e. The van der Waals surface area contributed by atoms with Gasteiger partial charge in [0.1, 0.15) is 5.60 Å². The lowest BCUT2D eigenvalue weighted by molar-refractivity contribution is -0.152. The largest absolute Gasteiger partial charge is 0.469 e. The van der Waals surface area contributed by atoms with Crippen LogP contribution in [-0.2, 0) is 14.3 Å². The van der Waals surface area contributed by atoms with Gasteiger partial charge in [0.2, 0.25) is 0 Å². The number of hydrogen-bond donors (Lipinski definition) is 1. The fourth-order valence-corrected chi connectivity index (χ4v) is 2.10. The van der Waals surface area contributed by atoms with Gasteiger partial charge in [0.05, 0.1) is 18.6 Å². The van der Waals surface area contributed by atoms with E-state index >= 15 is 0 Å². The summed E-state index contributed by atoms with van der Waals surface area (Å²) in [4.78, 5) is 23.4. The van der Waals surface area contributed by atoms with Crippen LogP contribution in [0.4, 0.5) is 4.79 Å². The van der Waals surface area contributed by atoms with E-state index in [-0.39, 0.29) is 12.0 Å². The van der Waals surface area contributed by atoms with E-state index in [9.17, 15) is 9.59 Å². The Morgan fingerprint density at radius 2 is 2.00 bits per heavy atom. The Kier molecular flexibility index (Phi) is 4.61. The van der Waals surface area contributed by atoms with Gasteiger partial charge < -0.3 is 14.8 Å². The summed E-state index contributed by atoms with van der Waals surface area (Å²) in [5.74, 6) is -0.257. The monoisotopic (exact) mass is 269 g/mol. The second kappa shape index (κ2) is 5.63. The first-order chi connectivity index (χ1) is 8.66. The van der Waals surface area contributed by atoms with Gasteiger partial charge in [-0.3, -0.25) is 4.79 Å². The van der Waals surface area contributed by atoms with Gasteiger partial charge >= 0.3 is 12.1 Å². The number of hydrogen-bond acceptors (Lipinski definition) is 4. The zero-order valence-corrected chi connectivity index (χ0v) is 12.3. The predicted molar refractivity (Wildman–Crippen MR) is 71.7 cm³/mol. The molecular weight excluding hydrogens is 246 g/mol. The Balaban J connectivity index is 2.62. The molecule has 19 heavy (non-hydrogen) atoms. The van der Waals surface area contributed by atoms with Gasteiger partial charge in [0.15, 0.2) is 0 Å². The quantitative estimate of drug-likeness (QED) is 0.617. The predicted octanol–water partition coefficient (Wildman–Crippen LogP) is 2.41. The molecule has 1 aliphatic carbocycles. The van der Waals surface area contributed by atoms with Crippen LogP contribution in [0, 0.1) is 5.41 Å². The molecule has 1 rings (SSSR count). The number of rotatable bonds is 2. The van der Waals surface area contributed by atoms with E-state index in [0.29, 0.717) is 12.8 Å². The molecular formula is C14H23NO4. The van der Waals surface area contributed by atoms with Gasteiger partial charge in [-0.1, -0.05) is 12.2 Å². The summed E-state index contributed by atoms with van der Waals surface area (Å²) in [5, 5.41) is 2.75. The Bertz CT molecular complexity index is 383. The molecule has 1 N–H and O–H groups in total. The fourth-order valence-electron chi connectivity index (χ4n) is 2.10. The van der Waals surface area contributed by atoms with Crippen LogP contribution in [0.2, 0.25) is 0 Å². The summed E-state index contributed by atoms with van der Waals surface area (Å²) in [5.41, 5.74) is -1.13. The van der Waals surface area contributed by atoms with E-state index in [4.69, 9.17) is 9.47 Å². The SMILES string of the molecule is COC(=O)C1(C)CC=CC(NC(=O)OC(C)(C)C)C1. The van der Waals surface area contributed by atoms with Crippen molar-refractivity contribution >= 4 is 12.1 Å². The maximum atomic E-state index is 11.7. The van der Waals surface area contributed by atoms with Crippen LogP contribution in [0.3, 0.4) is 0 Å². The normalized spacial score (nSPS) is 26.7. The van der Waals surface area contributed by atoms with Crippen LogP contribution in [-0.4, -0.2) is 30.8 Å². The van der Waals surface area contributed by atoms with Crippen molar-refractivity contribution in [2.75, 3.05) is 7.11 Å². The lowest BCUT2D eigenvalue weighted by Crippen LogP contribution is -2.44. The minimum absolute atomic E-state index is 0.215. The summed E-state index contributed by atoms with van der Waals surface area (Å²) in [6.45, 7) is 7.26. The number of carbonyl (C=O) groups is 2. The Labute approximate surface area is 114 Å². The third-order valence-electron chi connectivity index (χ3n) is 2.99. The van der Waals surface area contributed by atoms with E-state index in [2.05, 4.69) is 5.32 Å². The van der Waals surface area contributed by atoms with Crippen LogP contribution >= 0.6 is 0 Å². The number of amides is 1. The van der Waals surface area contributed by atoms with Crippen LogP contribution in [0.25, 0.3) is 0 Å². The average Bonchev–Trinajstić information content (AvgIpc) is 2.25. The molecule has 0 saturated carbocycles. The van der Waals surface area contributed by atoms with Gasteiger partial charge in [-0.15, -0.1) is 0 Å². The summed E-state index contributed by atoms with van der Waals surface area (Å²) in [7, 11) is 1.38. The molecule has 2 unspecified atom stereocenters. The minimum Gasteiger partial charge on any atom is -0.469 e. The average molecular weight is 269 g/mol. The van der Waals surface area contributed by atoms with Crippen LogP contribution < -0.4 is 5.32 Å². The van der Waals surface area contributed by atoms with E-state index in [1.807, 2.05) is 39.8 Å². The molecule has 0 fully saturated rings. The lowest BCUT2D eigenvalue weighted by Gasteiger charge is -2.32. The van der Waals surface area contributed by atoms with Gasteiger partial charge in [-0.05, 0) is 40.5 Å². The third-order valence-corrected chi connectivity index (χ3v) is 2.99. The van der Waals surface area contributed by atoms with Crippen molar-refractivity contribution in [1.29, 1.82) is 0 Å². The van der Waals surface area contributed by atoms with Crippen molar-refractivity contribution in [3.8, 4) is 0 Å². The van der Waals surface area contributed by atoms with Gasteiger partial charge in [-0.25, -0.2) is 4.79 Å². The molecule has 2 atom stereocenters. The second-order valence-corrected chi connectivity index (χ2v) is 6.14. The molecule has 0 aliphatic heterocycles.